The highest BCUT2D eigenvalue weighted by molar-refractivity contribution is 5.99. The second kappa shape index (κ2) is 14.5. The summed E-state index contributed by atoms with van der Waals surface area (Å²) in [5.74, 6) is 2.07. The quantitative estimate of drug-likeness (QED) is 0.172. The third-order valence-corrected chi connectivity index (χ3v) is 7.29. The summed E-state index contributed by atoms with van der Waals surface area (Å²) in [7, 11) is 1.63. The van der Waals surface area contributed by atoms with Crippen molar-refractivity contribution in [3.8, 4) is 11.5 Å². The number of para-hydroxylation sites is 1. The number of fused-ring (bicyclic) bond motifs is 1. The lowest BCUT2D eigenvalue weighted by Gasteiger charge is -2.29. The number of nitrogens with one attached hydrogen (secondary N) is 3. The number of amides is 2. The zero-order valence-electron chi connectivity index (χ0n) is 23.9. The molecule has 10 nitrogen and oxygen atoms in total. The van der Waals surface area contributed by atoms with Crippen molar-refractivity contribution in [2.45, 2.75) is 31.8 Å². The van der Waals surface area contributed by atoms with Crippen molar-refractivity contribution in [2.24, 2.45) is 0 Å². The van der Waals surface area contributed by atoms with E-state index in [-0.39, 0.29) is 12.1 Å². The number of piperidine rings is 1. The van der Waals surface area contributed by atoms with Crippen molar-refractivity contribution in [1.82, 2.24) is 14.9 Å². The summed E-state index contributed by atoms with van der Waals surface area (Å²) in [5, 5.41) is 19.6. The van der Waals surface area contributed by atoms with Crippen LogP contribution in [0.2, 0.25) is 0 Å². The summed E-state index contributed by atoms with van der Waals surface area (Å²) in [6.45, 7) is 4.08. The van der Waals surface area contributed by atoms with Crippen molar-refractivity contribution in [1.29, 1.82) is 0 Å². The first-order chi connectivity index (χ1) is 20.6. The van der Waals surface area contributed by atoms with E-state index >= 15 is 0 Å². The smallest absolute Gasteiger partial charge is 0.323 e. The maximum atomic E-state index is 12.2. The number of urea groups is 1. The van der Waals surface area contributed by atoms with Crippen LogP contribution in [0.15, 0.2) is 73.1 Å². The van der Waals surface area contributed by atoms with Gasteiger partial charge in [-0.05, 0) is 55.5 Å². The standard InChI is InChI=1S/C32H38N6O4/c1-41-29-21-27(42-19-5-16-38-17-13-26(39)14-18-38)20-28-30(29)31(35-22-34-28)33-15-12-23-8-10-25(11-9-23)37-32(40)36-24-6-3-2-4-7-24/h2-4,6-11,20-22,26,39H,5,12-19H2,1H3,(H,33,34,35)(H2,36,37,40). The number of methoxy groups -OCH3 is 1. The van der Waals surface area contributed by atoms with Gasteiger partial charge in [0, 0.05) is 49.7 Å². The third-order valence-electron chi connectivity index (χ3n) is 7.29. The van der Waals surface area contributed by atoms with Crippen molar-refractivity contribution in [3.63, 3.8) is 0 Å². The minimum absolute atomic E-state index is 0.153. The van der Waals surface area contributed by atoms with E-state index in [0.717, 1.165) is 73.2 Å². The van der Waals surface area contributed by atoms with Crippen LogP contribution in [-0.2, 0) is 6.42 Å². The molecular formula is C32H38N6O4. The van der Waals surface area contributed by atoms with Gasteiger partial charge in [-0.15, -0.1) is 0 Å². The number of carbonyl (C=O) groups is 1. The summed E-state index contributed by atoms with van der Waals surface area (Å²) >= 11 is 0. The highest BCUT2D eigenvalue weighted by atomic mass is 16.5. The Balaban J connectivity index is 1.12. The second-order valence-corrected chi connectivity index (χ2v) is 10.3. The van der Waals surface area contributed by atoms with E-state index in [1.54, 1.807) is 13.4 Å². The van der Waals surface area contributed by atoms with Crippen molar-refractivity contribution in [3.05, 3.63) is 78.6 Å². The molecule has 0 aliphatic carbocycles. The zero-order valence-corrected chi connectivity index (χ0v) is 23.9. The van der Waals surface area contributed by atoms with Crippen LogP contribution in [0.3, 0.4) is 0 Å². The van der Waals surface area contributed by atoms with Crippen molar-refractivity contribution in [2.75, 3.05) is 55.8 Å². The largest absolute Gasteiger partial charge is 0.496 e. The molecule has 0 saturated carbocycles. The molecule has 1 aliphatic heterocycles. The molecule has 0 spiro atoms. The van der Waals surface area contributed by atoms with Crippen LogP contribution in [0.25, 0.3) is 10.9 Å². The molecule has 1 aliphatic rings. The van der Waals surface area contributed by atoms with Crippen LogP contribution in [0.1, 0.15) is 24.8 Å². The molecule has 42 heavy (non-hydrogen) atoms. The lowest BCUT2D eigenvalue weighted by Crippen LogP contribution is -2.36. The van der Waals surface area contributed by atoms with E-state index in [9.17, 15) is 9.90 Å². The summed E-state index contributed by atoms with van der Waals surface area (Å²) < 4.78 is 11.7. The molecule has 0 radical (unpaired) electrons. The van der Waals surface area contributed by atoms with Gasteiger partial charge in [0.05, 0.1) is 30.7 Å². The molecule has 0 bridgehead atoms. The maximum absolute atomic E-state index is 12.2. The number of likely N-dealkylation sites (tertiary alicyclic amines) is 1. The first-order valence-corrected chi connectivity index (χ1v) is 14.4. The topological polar surface area (TPSA) is 121 Å². The van der Waals surface area contributed by atoms with Gasteiger partial charge in [-0.2, -0.15) is 0 Å². The van der Waals surface area contributed by atoms with Gasteiger partial charge < -0.3 is 35.4 Å². The molecule has 1 fully saturated rings. The van der Waals surface area contributed by atoms with Crippen molar-refractivity contribution < 1.29 is 19.4 Å². The molecule has 220 valence electrons. The molecule has 0 unspecified atom stereocenters. The molecule has 1 aromatic heterocycles. The molecule has 10 heteroatoms. The minimum atomic E-state index is -0.285. The zero-order chi connectivity index (χ0) is 29.1. The van der Waals surface area contributed by atoms with E-state index in [1.807, 2.05) is 66.7 Å². The van der Waals surface area contributed by atoms with Crippen LogP contribution < -0.4 is 25.4 Å². The number of nitrogens with zero attached hydrogens (tertiary/aromatic N) is 3. The Labute approximate surface area is 246 Å². The Kier molecular flexibility index (Phi) is 10.0. The fourth-order valence-electron chi connectivity index (χ4n) is 5.02. The summed E-state index contributed by atoms with van der Waals surface area (Å²) in [6.07, 6.45) is 4.75. The fourth-order valence-corrected chi connectivity index (χ4v) is 5.02. The van der Waals surface area contributed by atoms with Crippen LogP contribution >= 0.6 is 0 Å². The number of aliphatic hydroxyl groups is 1. The van der Waals surface area contributed by atoms with Gasteiger partial charge in [-0.1, -0.05) is 30.3 Å². The van der Waals surface area contributed by atoms with Crippen LogP contribution in [0.4, 0.5) is 22.0 Å². The molecule has 4 aromatic rings. The first-order valence-electron chi connectivity index (χ1n) is 14.4. The van der Waals surface area contributed by atoms with E-state index in [2.05, 4.69) is 30.8 Å². The molecule has 5 rings (SSSR count). The number of rotatable bonds is 12. The Bertz CT molecular complexity index is 1440. The minimum Gasteiger partial charge on any atom is -0.496 e. The first kappa shape index (κ1) is 29.1. The Morgan fingerprint density at radius 3 is 2.48 bits per heavy atom. The number of carbonyl (C=O) groups excluding carboxylic acids is 1. The Hall–Kier alpha value is -4.41. The SMILES string of the molecule is COc1cc(OCCCN2CCC(O)CC2)cc2ncnc(NCCc3ccc(NC(=O)Nc4ccccc4)cc3)c12. The Morgan fingerprint density at radius 2 is 1.74 bits per heavy atom. The van der Waals surface area contributed by atoms with Crippen LogP contribution in [-0.4, -0.2) is 72.0 Å². The highest BCUT2D eigenvalue weighted by Gasteiger charge is 2.17. The number of anilines is 3. The molecule has 2 heterocycles. The maximum Gasteiger partial charge on any atom is 0.323 e. The van der Waals surface area contributed by atoms with Crippen LogP contribution in [0.5, 0.6) is 11.5 Å². The number of hydrogen-bond acceptors (Lipinski definition) is 8. The highest BCUT2D eigenvalue weighted by Crippen LogP contribution is 2.34. The third kappa shape index (κ3) is 8.08. The molecule has 0 atom stereocenters. The second-order valence-electron chi connectivity index (χ2n) is 10.3. The average Bonchev–Trinajstić information content (AvgIpc) is 3.01. The van der Waals surface area contributed by atoms with Crippen LogP contribution in [0, 0.1) is 0 Å². The molecule has 1 saturated heterocycles. The van der Waals surface area contributed by atoms with E-state index in [0.29, 0.717) is 30.5 Å². The predicted octanol–water partition coefficient (Wildman–Crippen LogP) is 5.16. The number of aromatic nitrogens is 2. The summed E-state index contributed by atoms with van der Waals surface area (Å²) in [5.41, 5.74) is 3.33. The van der Waals surface area contributed by atoms with Gasteiger partial charge in [-0.25, -0.2) is 14.8 Å². The lowest BCUT2D eigenvalue weighted by atomic mass is 10.1. The molecule has 4 N–H and O–H groups in total. The number of hydrogen-bond donors (Lipinski definition) is 4. The van der Waals surface area contributed by atoms with E-state index < -0.39 is 0 Å². The van der Waals surface area contributed by atoms with Crippen molar-refractivity contribution >= 4 is 34.1 Å². The number of aliphatic hydroxyl groups excluding tert-OH is 1. The summed E-state index contributed by atoms with van der Waals surface area (Å²) in [6, 6.07) is 20.6. The lowest BCUT2D eigenvalue weighted by molar-refractivity contribution is 0.0800. The van der Waals surface area contributed by atoms with E-state index in [1.165, 1.54) is 0 Å². The van der Waals surface area contributed by atoms with Gasteiger partial charge in [0.15, 0.2) is 0 Å². The van der Waals surface area contributed by atoms with Gasteiger partial charge in [0.2, 0.25) is 0 Å². The predicted molar refractivity (Wildman–Crippen MR) is 166 cm³/mol. The molecular weight excluding hydrogens is 532 g/mol. The molecule has 2 amide bonds. The van der Waals surface area contributed by atoms with Gasteiger partial charge in [0.1, 0.15) is 23.6 Å². The van der Waals surface area contributed by atoms with Gasteiger partial charge in [0.25, 0.3) is 0 Å². The number of ether oxygens (including phenoxy) is 2. The van der Waals surface area contributed by atoms with Gasteiger partial charge in [-0.3, -0.25) is 0 Å². The van der Waals surface area contributed by atoms with Gasteiger partial charge >= 0.3 is 6.03 Å². The monoisotopic (exact) mass is 570 g/mol. The summed E-state index contributed by atoms with van der Waals surface area (Å²) in [4.78, 5) is 23.5. The fraction of sp³-hybridized carbons (Fsp3) is 0.344. The Morgan fingerprint density at radius 1 is 1.00 bits per heavy atom. The normalized spacial score (nSPS) is 14.0. The average molecular weight is 571 g/mol. The molecule has 3 aromatic carbocycles. The number of benzene rings is 3. The van der Waals surface area contributed by atoms with E-state index in [4.69, 9.17) is 9.47 Å².